The average Bonchev–Trinajstić information content (AvgIpc) is 3.01. The van der Waals surface area contributed by atoms with Crippen molar-refractivity contribution in [2.75, 3.05) is 37.8 Å². The number of H-pyrrole nitrogens is 1. The minimum absolute atomic E-state index is 0.0916. The summed E-state index contributed by atoms with van der Waals surface area (Å²) in [4.78, 5) is 23.4. The number of benzene rings is 1. The highest BCUT2D eigenvalue weighted by Gasteiger charge is 2.36. The minimum atomic E-state index is -0.377. The topological polar surface area (TPSA) is 102 Å². The lowest BCUT2D eigenvalue weighted by atomic mass is 9.93. The SMILES string of the molecule is Cc1ccc(C2CN(c3nc(N)c(C=N)c(=O)[nH]3)CC2N(C)C)cc1. The van der Waals surface area contributed by atoms with Gasteiger partial charge >= 0.3 is 0 Å². The van der Waals surface area contributed by atoms with Crippen LogP contribution >= 0.6 is 0 Å². The van der Waals surface area contributed by atoms with Gasteiger partial charge in [-0.3, -0.25) is 9.78 Å². The molecule has 1 aromatic heterocycles. The smallest absolute Gasteiger partial charge is 0.263 e. The van der Waals surface area contributed by atoms with Crippen LogP contribution in [0.15, 0.2) is 29.1 Å². The molecule has 2 atom stereocenters. The maximum atomic E-state index is 12.1. The van der Waals surface area contributed by atoms with Gasteiger partial charge in [-0.1, -0.05) is 29.8 Å². The number of anilines is 2. The number of nitrogens with zero attached hydrogens (tertiary/aromatic N) is 3. The van der Waals surface area contributed by atoms with Crippen molar-refractivity contribution in [3.63, 3.8) is 0 Å². The molecule has 7 heteroatoms. The number of rotatable bonds is 4. The Morgan fingerprint density at radius 1 is 1.32 bits per heavy atom. The molecule has 0 aliphatic carbocycles. The van der Waals surface area contributed by atoms with Crippen molar-refractivity contribution < 1.29 is 0 Å². The van der Waals surface area contributed by atoms with Crippen LogP contribution < -0.4 is 16.2 Å². The fraction of sp³-hybridized carbons (Fsp3) is 0.389. The van der Waals surface area contributed by atoms with Crippen molar-refractivity contribution in [1.82, 2.24) is 14.9 Å². The van der Waals surface area contributed by atoms with Crippen molar-refractivity contribution in [3.05, 3.63) is 51.3 Å². The molecule has 7 nitrogen and oxygen atoms in total. The lowest BCUT2D eigenvalue weighted by Gasteiger charge is -2.25. The van der Waals surface area contributed by atoms with Crippen LogP contribution in [0, 0.1) is 12.3 Å². The molecule has 1 aromatic carbocycles. The van der Waals surface area contributed by atoms with Crippen LogP contribution in [-0.4, -0.2) is 54.3 Å². The van der Waals surface area contributed by atoms with Crippen LogP contribution in [0.2, 0.25) is 0 Å². The molecule has 3 rings (SSSR count). The molecule has 2 unspecified atom stereocenters. The Morgan fingerprint density at radius 2 is 2.00 bits per heavy atom. The van der Waals surface area contributed by atoms with Crippen LogP contribution in [0.4, 0.5) is 11.8 Å². The Hall–Kier alpha value is -2.67. The van der Waals surface area contributed by atoms with E-state index in [2.05, 4.69) is 65.1 Å². The van der Waals surface area contributed by atoms with E-state index in [9.17, 15) is 4.79 Å². The Labute approximate surface area is 147 Å². The third-order valence-electron chi connectivity index (χ3n) is 4.87. The van der Waals surface area contributed by atoms with Crippen LogP contribution in [-0.2, 0) is 0 Å². The molecule has 132 valence electrons. The fourth-order valence-corrected chi connectivity index (χ4v) is 3.40. The number of hydrogen-bond acceptors (Lipinski definition) is 6. The first-order valence-corrected chi connectivity index (χ1v) is 8.29. The van der Waals surface area contributed by atoms with Crippen LogP contribution in [0.3, 0.4) is 0 Å². The van der Waals surface area contributed by atoms with E-state index in [1.54, 1.807) is 0 Å². The number of hydrogen-bond donors (Lipinski definition) is 3. The zero-order chi connectivity index (χ0) is 18.1. The minimum Gasteiger partial charge on any atom is -0.383 e. The van der Waals surface area contributed by atoms with Crippen molar-refractivity contribution >= 4 is 18.0 Å². The molecule has 1 aliphatic heterocycles. The third kappa shape index (κ3) is 3.28. The summed E-state index contributed by atoms with van der Waals surface area (Å²) in [6, 6.07) is 8.89. The molecule has 2 heterocycles. The first-order valence-electron chi connectivity index (χ1n) is 8.29. The summed E-state index contributed by atoms with van der Waals surface area (Å²) in [6.45, 7) is 3.58. The Bertz CT molecular complexity index is 826. The number of likely N-dealkylation sites (N-methyl/N-ethyl adjacent to an activating group) is 1. The first kappa shape index (κ1) is 17.2. The molecule has 0 bridgehead atoms. The zero-order valence-electron chi connectivity index (χ0n) is 14.8. The van der Waals surface area contributed by atoms with Gasteiger partial charge in [0.2, 0.25) is 5.95 Å². The Kier molecular flexibility index (Phi) is 4.59. The summed E-state index contributed by atoms with van der Waals surface area (Å²) in [6.07, 6.45) is 0.937. The molecular formula is C18H24N6O. The zero-order valence-corrected chi connectivity index (χ0v) is 14.8. The van der Waals surface area contributed by atoms with Gasteiger partial charge in [-0.25, -0.2) is 0 Å². The molecule has 2 aromatic rings. The van der Waals surface area contributed by atoms with E-state index < -0.39 is 0 Å². The second-order valence-electron chi connectivity index (χ2n) is 6.79. The molecule has 1 saturated heterocycles. The van der Waals surface area contributed by atoms with Gasteiger partial charge in [-0.05, 0) is 26.6 Å². The first-order chi connectivity index (χ1) is 11.9. The lowest BCUT2D eigenvalue weighted by Crippen LogP contribution is -2.35. The average molecular weight is 340 g/mol. The van der Waals surface area contributed by atoms with E-state index in [0.717, 1.165) is 19.3 Å². The van der Waals surface area contributed by atoms with E-state index in [1.165, 1.54) is 11.1 Å². The van der Waals surface area contributed by atoms with E-state index >= 15 is 0 Å². The summed E-state index contributed by atoms with van der Waals surface area (Å²) in [5.74, 6) is 0.869. The summed E-state index contributed by atoms with van der Waals surface area (Å²) in [5, 5.41) is 7.27. The second-order valence-corrected chi connectivity index (χ2v) is 6.79. The third-order valence-corrected chi connectivity index (χ3v) is 4.87. The molecular weight excluding hydrogens is 316 g/mol. The van der Waals surface area contributed by atoms with Crippen molar-refractivity contribution in [1.29, 1.82) is 5.41 Å². The summed E-state index contributed by atoms with van der Waals surface area (Å²) in [5.41, 5.74) is 8.07. The van der Waals surface area contributed by atoms with Crippen LogP contribution in [0.1, 0.15) is 22.6 Å². The number of aryl methyl sites for hydroxylation is 1. The molecule has 0 saturated carbocycles. The van der Waals surface area contributed by atoms with Crippen molar-refractivity contribution in [2.45, 2.75) is 18.9 Å². The number of nitrogens with two attached hydrogens (primary N) is 1. The molecule has 1 aliphatic rings. The summed E-state index contributed by atoms with van der Waals surface area (Å²) in [7, 11) is 4.13. The van der Waals surface area contributed by atoms with Crippen molar-refractivity contribution in [2.24, 2.45) is 0 Å². The predicted octanol–water partition coefficient (Wildman–Crippen LogP) is 1.19. The van der Waals surface area contributed by atoms with Gasteiger partial charge in [0.15, 0.2) is 0 Å². The molecule has 25 heavy (non-hydrogen) atoms. The quantitative estimate of drug-likeness (QED) is 0.726. The lowest BCUT2D eigenvalue weighted by molar-refractivity contribution is 0.292. The molecule has 0 spiro atoms. The second kappa shape index (κ2) is 6.68. The van der Waals surface area contributed by atoms with E-state index in [4.69, 9.17) is 11.1 Å². The van der Waals surface area contributed by atoms with Gasteiger partial charge in [0.1, 0.15) is 5.82 Å². The van der Waals surface area contributed by atoms with Gasteiger partial charge in [0.05, 0.1) is 5.56 Å². The molecule has 0 radical (unpaired) electrons. The maximum Gasteiger partial charge on any atom is 0.263 e. The van der Waals surface area contributed by atoms with Gasteiger partial charge in [0.25, 0.3) is 5.56 Å². The van der Waals surface area contributed by atoms with Gasteiger partial charge < -0.3 is 20.9 Å². The van der Waals surface area contributed by atoms with E-state index in [0.29, 0.717) is 17.9 Å². The van der Waals surface area contributed by atoms with Crippen LogP contribution in [0.25, 0.3) is 0 Å². The van der Waals surface area contributed by atoms with Crippen molar-refractivity contribution in [3.8, 4) is 0 Å². The highest BCUT2D eigenvalue weighted by molar-refractivity contribution is 5.83. The molecule has 0 amide bonds. The number of aromatic nitrogens is 2. The van der Waals surface area contributed by atoms with Gasteiger partial charge in [0, 0.05) is 31.3 Å². The number of nitrogen functional groups attached to an aromatic ring is 1. The largest absolute Gasteiger partial charge is 0.383 e. The normalized spacial score (nSPS) is 20.2. The fourth-order valence-electron chi connectivity index (χ4n) is 3.40. The number of nitrogens with one attached hydrogen (secondary N) is 2. The summed E-state index contributed by atoms with van der Waals surface area (Å²) < 4.78 is 0. The van der Waals surface area contributed by atoms with E-state index in [1.807, 2.05) is 0 Å². The predicted molar refractivity (Wildman–Crippen MR) is 101 cm³/mol. The van der Waals surface area contributed by atoms with Gasteiger partial charge in [-0.15, -0.1) is 0 Å². The maximum absolute atomic E-state index is 12.1. The van der Waals surface area contributed by atoms with Gasteiger partial charge in [-0.2, -0.15) is 4.98 Å². The molecule has 1 fully saturated rings. The highest BCUT2D eigenvalue weighted by Crippen LogP contribution is 2.32. The van der Waals surface area contributed by atoms with E-state index in [-0.39, 0.29) is 16.9 Å². The standard InChI is InChI=1S/C18H24N6O/c1-11-4-6-12(7-5-11)14-9-24(10-15(14)23(2)3)18-21-16(20)13(8-19)17(25)22-18/h4-8,14-15,19H,9-10H2,1-3H3,(H3,20,21,22,25). The highest BCUT2D eigenvalue weighted by atomic mass is 16.1. The Morgan fingerprint density at radius 3 is 2.56 bits per heavy atom. The monoisotopic (exact) mass is 340 g/mol. The van der Waals surface area contributed by atoms with Crippen LogP contribution in [0.5, 0.6) is 0 Å². The number of aromatic amines is 1. The Balaban J connectivity index is 1.94. The summed E-state index contributed by atoms with van der Waals surface area (Å²) >= 11 is 0. The molecule has 4 N–H and O–H groups in total.